The van der Waals surface area contributed by atoms with Crippen LogP contribution in [0.25, 0.3) is 0 Å². The molecule has 0 radical (unpaired) electrons. The van der Waals surface area contributed by atoms with E-state index >= 15 is 0 Å². The minimum Gasteiger partial charge on any atom is -0.422 e. The molecule has 0 aromatic heterocycles. The van der Waals surface area contributed by atoms with Crippen molar-refractivity contribution in [3.8, 4) is 11.5 Å². The molecular formula is C27H17Cl2NO5. The molecule has 0 bridgehead atoms. The topological polar surface area (TPSA) is 81.7 Å². The van der Waals surface area contributed by atoms with Gasteiger partial charge in [-0.3, -0.25) is 4.79 Å². The Bertz CT molecular complexity index is 1370. The van der Waals surface area contributed by atoms with Crippen LogP contribution in [0.1, 0.15) is 31.1 Å². The fourth-order valence-corrected chi connectivity index (χ4v) is 3.69. The molecule has 0 unspecified atom stereocenters. The number of hydrogen-bond donors (Lipinski definition) is 1. The smallest absolute Gasteiger partial charge is 0.343 e. The Balaban J connectivity index is 1.51. The maximum atomic E-state index is 12.9. The van der Waals surface area contributed by atoms with E-state index in [2.05, 4.69) is 5.32 Å². The van der Waals surface area contributed by atoms with Gasteiger partial charge in [-0.2, -0.15) is 0 Å². The highest BCUT2D eigenvalue weighted by molar-refractivity contribution is 6.38. The number of amides is 1. The number of carbonyl (C=O) groups excluding carboxylic acids is 3. The summed E-state index contributed by atoms with van der Waals surface area (Å²) >= 11 is 12.6. The average molecular weight is 506 g/mol. The maximum Gasteiger partial charge on any atom is 0.343 e. The van der Waals surface area contributed by atoms with Crippen LogP contribution in [-0.2, 0) is 0 Å². The van der Waals surface area contributed by atoms with Crippen molar-refractivity contribution in [2.45, 2.75) is 0 Å². The molecule has 4 aromatic carbocycles. The second-order valence-electron chi connectivity index (χ2n) is 7.23. The lowest BCUT2D eigenvalue weighted by molar-refractivity contribution is 0.0723. The van der Waals surface area contributed by atoms with Gasteiger partial charge in [0.2, 0.25) is 0 Å². The van der Waals surface area contributed by atoms with Gasteiger partial charge in [0.25, 0.3) is 5.91 Å². The Morgan fingerprint density at radius 3 is 1.69 bits per heavy atom. The van der Waals surface area contributed by atoms with E-state index in [1.165, 1.54) is 24.3 Å². The number of esters is 2. The zero-order valence-electron chi connectivity index (χ0n) is 18.0. The number of anilines is 1. The number of rotatable bonds is 6. The molecule has 0 saturated heterocycles. The summed E-state index contributed by atoms with van der Waals surface area (Å²) in [6, 6.07) is 25.9. The molecule has 0 fully saturated rings. The molecule has 1 amide bonds. The van der Waals surface area contributed by atoms with Gasteiger partial charge in [0.15, 0.2) is 5.75 Å². The van der Waals surface area contributed by atoms with Crippen LogP contribution in [0.5, 0.6) is 11.5 Å². The van der Waals surface area contributed by atoms with Gasteiger partial charge in [-0.25, -0.2) is 9.59 Å². The lowest BCUT2D eigenvalue weighted by atomic mass is 10.1. The summed E-state index contributed by atoms with van der Waals surface area (Å²) in [6.07, 6.45) is 0. The van der Waals surface area contributed by atoms with Gasteiger partial charge < -0.3 is 14.8 Å². The van der Waals surface area contributed by atoms with E-state index in [1.54, 1.807) is 72.8 Å². The Morgan fingerprint density at radius 2 is 1.11 bits per heavy atom. The van der Waals surface area contributed by atoms with Crippen molar-refractivity contribution in [3.63, 3.8) is 0 Å². The van der Waals surface area contributed by atoms with Gasteiger partial charge in [-0.15, -0.1) is 0 Å². The third-order valence-electron chi connectivity index (χ3n) is 4.80. The molecule has 35 heavy (non-hydrogen) atoms. The first-order chi connectivity index (χ1) is 16.9. The van der Waals surface area contributed by atoms with E-state index in [9.17, 15) is 14.4 Å². The van der Waals surface area contributed by atoms with Crippen LogP contribution in [0.15, 0.2) is 97.1 Å². The lowest BCUT2D eigenvalue weighted by Crippen LogP contribution is -2.16. The minimum atomic E-state index is -0.625. The van der Waals surface area contributed by atoms with Crippen LogP contribution < -0.4 is 14.8 Å². The van der Waals surface area contributed by atoms with Crippen molar-refractivity contribution in [1.82, 2.24) is 0 Å². The average Bonchev–Trinajstić information content (AvgIpc) is 2.87. The number of ether oxygens (including phenoxy) is 2. The Hall–Kier alpha value is -4.13. The van der Waals surface area contributed by atoms with E-state index in [0.717, 1.165) is 0 Å². The summed E-state index contributed by atoms with van der Waals surface area (Å²) in [5.41, 5.74) is 1.07. The highest BCUT2D eigenvalue weighted by atomic mass is 35.5. The third-order valence-corrected chi connectivity index (χ3v) is 5.37. The minimum absolute atomic E-state index is 0.0286. The predicted octanol–water partition coefficient (Wildman–Crippen LogP) is 6.68. The first-order valence-corrected chi connectivity index (χ1v) is 11.1. The van der Waals surface area contributed by atoms with Crippen LogP contribution in [0.2, 0.25) is 10.0 Å². The summed E-state index contributed by atoms with van der Waals surface area (Å²) < 4.78 is 10.8. The molecule has 0 aliphatic carbocycles. The van der Waals surface area contributed by atoms with Crippen LogP contribution in [0, 0.1) is 0 Å². The molecule has 0 heterocycles. The second kappa shape index (κ2) is 10.9. The van der Waals surface area contributed by atoms with E-state index in [-0.39, 0.29) is 32.8 Å². The van der Waals surface area contributed by atoms with Gasteiger partial charge in [0.05, 0.1) is 26.7 Å². The van der Waals surface area contributed by atoms with Crippen molar-refractivity contribution in [2.75, 3.05) is 5.32 Å². The third kappa shape index (κ3) is 5.87. The molecule has 174 valence electrons. The number of nitrogens with one attached hydrogen (secondary N) is 1. The van der Waals surface area contributed by atoms with Crippen molar-refractivity contribution in [2.24, 2.45) is 0 Å². The quantitative estimate of drug-likeness (QED) is 0.233. The zero-order valence-corrected chi connectivity index (χ0v) is 19.5. The van der Waals surface area contributed by atoms with Crippen LogP contribution in [0.4, 0.5) is 5.69 Å². The summed E-state index contributed by atoms with van der Waals surface area (Å²) in [5, 5.41) is 2.72. The standard InChI is InChI=1S/C27H17Cl2NO5/c28-21-15-19(16-22(29)24(21)35-27(33)18-11-5-2-6-12-18)30-25(31)20-13-7-8-14-23(20)34-26(32)17-9-3-1-4-10-17/h1-16H,(H,30,31). The normalized spacial score (nSPS) is 10.3. The Kier molecular flexibility index (Phi) is 7.45. The highest BCUT2D eigenvalue weighted by Crippen LogP contribution is 2.37. The number of halogens is 2. The van der Waals surface area contributed by atoms with E-state index in [4.69, 9.17) is 32.7 Å². The molecule has 0 spiro atoms. The van der Waals surface area contributed by atoms with Gasteiger partial charge in [0.1, 0.15) is 5.75 Å². The van der Waals surface area contributed by atoms with Crippen LogP contribution >= 0.6 is 23.2 Å². The maximum absolute atomic E-state index is 12.9. The van der Waals surface area contributed by atoms with Crippen molar-refractivity contribution in [3.05, 3.63) is 124 Å². The highest BCUT2D eigenvalue weighted by Gasteiger charge is 2.19. The molecule has 0 aliphatic rings. The molecule has 0 aliphatic heterocycles. The SMILES string of the molecule is O=C(Oc1ccccc1C(=O)Nc1cc(Cl)c(OC(=O)c2ccccc2)c(Cl)c1)c1ccccc1. The summed E-state index contributed by atoms with van der Waals surface area (Å²) in [7, 11) is 0. The van der Waals surface area contributed by atoms with Crippen molar-refractivity contribution >= 4 is 46.7 Å². The van der Waals surface area contributed by atoms with E-state index in [0.29, 0.717) is 11.1 Å². The Labute approximate surface area is 211 Å². The first kappa shape index (κ1) is 24.0. The van der Waals surface area contributed by atoms with Crippen molar-refractivity contribution < 1.29 is 23.9 Å². The largest absolute Gasteiger partial charge is 0.422 e. The van der Waals surface area contributed by atoms with Gasteiger partial charge in [0, 0.05) is 5.69 Å². The number of benzene rings is 4. The van der Waals surface area contributed by atoms with E-state index < -0.39 is 17.8 Å². The molecule has 4 aromatic rings. The monoisotopic (exact) mass is 505 g/mol. The molecule has 6 nitrogen and oxygen atoms in total. The van der Waals surface area contributed by atoms with Gasteiger partial charge >= 0.3 is 11.9 Å². The fraction of sp³-hybridized carbons (Fsp3) is 0. The van der Waals surface area contributed by atoms with Gasteiger partial charge in [-0.05, 0) is 48.5 Å². The second-order valence-corrected chi connectivity index (χ2v) is 8.04. The summed E-state index contributed by atoms with van der Waals surface area (Å²) in [4.78, 5) is 37.7. The van der Waals surface area contributed by atoms with E-state index in [1.807, 2.05) is 0 Å². The van der Waals surface area contributed by atoms with Gasteiger partial charge in [-0.1, -0.05) is 71.7 Å². The molecule has 0 saturated carbocycles. The molecule has 4 rings (SSSR count). The molecule has 8 heteroatoms. The Morgan fingerprint density at radius 1 is 0.629 bits per heavy atom. The lowest BCUT2D eigenvalue weighted by Gasteiger charge is -2.13. The van der Waals surface area contributed by atoms with Crippen LogP contribution in [-0.4, -0.2) is 17.8 Å². The van der Waals surface area contributed by atoms with Crippen LogP contribution in [0.3, 0.4) is 0 Å². The first-order valence-electron chi connectivity index (χ1n) is 10.4. The number of carbonyl (C=O) groups is 3. The van der Waals surface area contributed by atoms with Crippen molar-refractivity contribution in [1.29, 1.82) is 0 Å². The summed E-state index contributed by atoms with van der Waals surface area (Å²) in [6.45, 7) is 0. The molecule has 0 atom stereocenters. The summed E-state index contributed by atoms with van der Waals surface area (Å²) in [5.74, 6) is -1.72. The molecular weight excluding hydrogens is 489 g/mol. The zero-order chi connectivity index (χ0) is 24.8. The number of hydrogen-bond acceptors (Lipinski definition) is 5. The predicted molar refractivity (Wildman–Crippen MR) is 134 cm³/mol. The molecule has 1 N–H and O–H groups in total. The fourth-order valence-electron chi connectivity index (χ4n) is 3.13. The number of para-hydroxylation sites is 1.